The summed E-state index contributed by atoms with van der Waals surface area (Å²) in [6, 6.07) is 8.48. The SMILES string of the molecule is NCCCn1ncc2cc(Sc3ccc(F)cc3)cnc21. The van der Waals surface area contributed by atoms with Crippen molar-refractivity contribution in [2.24, 2.45) is 5.73 Å². The quantitative estimate of drug-likeness (QED) is 0.787. The molecule has 0 aliphatic heterocycles. The second-order valence-corrected chi connectivity index (χ2v) is 5.80. The molecule has 2 heterocycles. The van der Waals surface area contributed by atoms with Crippen LogP contribution in [0.3, 0.4) is 0 Å². The smallest absolute Gasteiger partial charge is 0.157 e. The standard InChI is InChI=1S/C15H15FN4S/c16-12-2-4-13(5-3-12)21-14-8-11-9-19-20(7-1-6-17)15(11)18-10-14/h2-5,8-10H,1,6-7,17H2. The number of benzene rings is 1. The maximum atomic E-state index is 12.9. The first kappa shape index (κ1) is 14.0. The van der Waals surface area contributed by atoms with Gasteiger partial charge in [-0.15, -0.1) is 0 Å². The number of rotatable bonds is 5. The number of aryl methyl sites for hydroxylation is 1. The Morgan fingerprint density at radius 3 is 2.71 bits per heavy atom. The Morgan fingerprint density at radius 1 is 1.14 bits per heavy atom. The average molecular weight is 302 g/mol. The van der Waals surface area contributed by atoms with Crippen molar-refractivity contribution >= 4 is 22.8 Å². The molecule has 0 atom stereocenters. The van der Waals surface area contributed by atoms with Crippen LogP contribution in [0.15, 0.2) is 52.5 Å². The predicted molar refractivity (Wildman–Crippen MR) is 81.7 cm³/mol. The van der Waals surface area contributed by atoms with Crippen LogP contribution in [-0.2, 0) is 6.54 Å². The van der Waals surface area contributed by atoms with Gasteiger partial charge in [0.15, 0.2) is 5.65 Å². The summed E-state index contributed by atoms with van der Waals surface area (Å²) >= 11 is 1.55. The molecule has 21 heavy (non-hydrogen) atoms. The van der Waals surface area contributed by atoms with Gasteiger partial charge in [0.25, 0.3) is 0 Å². The zero-order chi connectivity index (χ0) is 14.7. The molecule has 0 aliphatic rings. The topological polar surface area (TPSA) is 56.7 Å². The molecule has 0 spiro atoms. The first-order valence-corrected chi connectivity index (χ1v) is 7.53. The first-order chi connectivity index (χ1) is 10.3. The Balaban J connectivity index is 1.82. The molecule has 3 aromatic rings. The fraction of sp³-hybridized carbons (Fsp3) is 0.200. The number of hydrogen-bond donors (Lipinski definition) is 1. The van der Waals surface area contributed by atoms with Gasteiger partial charge in [-0.1, -0.05) is 11.8 Å². The van der Waals surface area contributed by atoms with Gasteiger partial charge in [0.2, 0.25) is 0 Å². The first-order valence-electron chi connectivity index (χ1n) is 6.71. The summed E-state index contributed by atoms with van der Waals surface area (Å²) in [5, 5.41) is 5.33. The van der Waals surface area contributed by atoms with Crippen molar-refractivity contribution in [3.63, 3.8) is 0 Å². The van der Waals surface area contributed by atoms with Crippen molar-refractivity contribution in [3.05, 3.63) is 48.5 Å². The summed E-state index contributed by atoms with van der Waals surface area (Å²) in [5.41, 5.74) is 6.39. The van der Waals surface area contributed by atoms with Crippen molar-refractivity contribution in [2.45, 2.75) is 22.8 Å². The number of nitrogens with zero attached hydrogens (tertiary/aromatic N) is 3. The van der Waals surface area contributed by atoms with E-state index in [0.29, 0.717) is 6.54 Å². The normalized spacial score (nSPS) is 11.1. The summed E-state index contributed by atoms with van der Waals surface area (Å²) in [6.07, 6.45) is 4.51. The zero-order valence-corrected chi connectivity index (χ0v) is 12.2. The predicted octanol–water partition coefficient (Wildman–Crippen LogP) is 3.07. The summed E-state index contributed by atoms with van der Waals surface area (Å²) < 4.78 is 14.8. The highest BCUT2D eigenvalue weighted by Gasteiger charge is 2.06. The van der Waals surface area contributed by atoms with E-state index in [-0.39, 0.29) is 5.82 Å². The number of nitrogens with two attached hydrogens (primary N) is 1. The molecule has 0 bridgehead atoms. The van der Waals surface area contributed by atoms with Gasteiger partial charge in [0, 0.05) is 27.9 Å². The number of pyridine rings is 1. The van der Waals surface area contributed by atoms with Crippen LogP contribution < -0.4 is 5.73 Å². The minimum absolute atomic E-state index is 0.228. The van der Waals surface area contributed by atoms with Gasteiger partial charge in [-0.3, -0.25) is 0 Å². The van der Waals surface area contributed by atoms with E-state index in [1.165, 1.54) is 12.1 Å². The highest BCUT2D eigenvalue weighted by atomic mass is 32.2. The minimum atomic E-state index is -0.228. The molecule has 0 radical (unpaired) electrons. The Kier molecular flexibility index (Phi) is 4.17. The summed E-state index contributed by atoms with van der Waals surface area (Å²) in [4.78, 5) is 6.46. The van der Waals surface area contributed by atoms with Crippen molar-refractivity contribution < 1.29 is 4.39 Å². The lowest BCUT2D eigenvalue weighted by molar-refractivity contribution is 0.598. The molecule has 3 rings (SSSR count). The van der Waals surface area contributed by atoms with Gasteiger partial charge >= 0.3 is 0 Å². The zero-order valence-electron chi connectivity index (χ0n) is 11.4. The van der Waals surface area contributed by atoms with Crippen LogP contribution >= 0.6 is 11.8 Å². The van der Waals surface area contributed by atoms with Crippen molar-refractivity contribution in [1.82, 2.24) is 14.8 Å². The number of halogens is 1. The Bertz CT molecular complexity index is 739. The molecule has 0 amide bonds. The third kappa shape index (κ3) is 3.22. The fourth-order valence-electron chi connectivity index (χ4n) is 2.05. The number of hydrogen-bond acceptors (Lipinski definition) is 4. The molecule has 1 aromatic carbocycles. The second-order valence-electron chi connectivity index (χ2n) is 4.65. The Morgan fingerprint density at radius 2 is 1.95 bits per heavy atom. The minimum Gasteiger partial charge on any atom is -0.330 e. The highest BCUT2D eigenvalue weighted by molar-refractivity contribution is 7.99. The van der Waals surface area contributed by atoms with E-state index in [0.717, 1.165) is 33.8 Å². The summed E-state index contributed by atoms with van der Waals surface area (Å²) in [7, 11) is 0. The van der Waals surface area contributed by atoms with Crippen molar-refractivity contribution in [2.75, 3.05) is 6.54 Å². The Hall–Kier alpha value is -1.92. The van der Waals surface area contributed by atoms with E-state index < -0.39 is 0 Å². The van der Waals surface area contributed by atoms with E-state index in [1.807, 2.05) is 23.1 Å². The molecule has 0 unspecified atom stereocenters. The van der Waals surface area contributed by atoms with E-state index in [2.05, 4.69) is 10.1 Å². The highest BCUT2D eigenvalue weighted by Crippen LogP contribution is 2.29. The monoisotopic (exact) mass is 302 g/mol. The van der Waals surface area contributed by atoms with Crippen LogP contribution in [0.2, 0.25) is 0 Å². The van der Waals surface area contributed by atoms with Gasteiger partial charge in [-0.05, 0) is 43.3 Å². The van der Waals surface area contributed by atoms with Crippen molar-refractivity contribution in [1.29, 1.82) is 0 Å². The van der Waals surface area contributed by atoms with Gasteiger partial charge < -0.3 is 5.73 Å². The van der Waals surface area contributed by atoms with Gasteiger partial charge in [-0.25, -0.2) is 14.1 Å². The third-order valence-corrected chi connectivity index (χ3v) is 4.04. The van der Waals surface area contributed by atoms with Crippen LogP contribution in [0.1, 0.15) is 6.42 Å². The second kappa shape index (κ2) is 6.24. The van der Waals surface area contributed by atoms with Gasteiger partial charge in [-0.2, -0.15) is 5.10 Å². The van der Waals surface area contributed by atoms with E-state index in [9.17, 15) is 4.39 Å². The van der Waals surface area contributed by atoms with Crippen LogP contribution in [0.25, 0.3) is 11.0 Å². The van der Waals surface area contributed by atoms with E-state index in [1.54, 1.807) is 23.9 Å². The third-order valence-electron chi connectivity index (χ3n) is 3.07. The number of aromatic nitrogens is 3. The largest absolute Gasteiger partial charge is 0.330 e. The van der Waals surface area contributed by atoms with Crippen LogP contribution in [0.5, 0.6) is 0 Å². The van der Waals surface area contributed by atoms with Gasteiger partial charge in [0.05, 0.1) is 6.20 Å². The Labute approximate surface area is 126 Å². The average Bonchev–Trinajstić information content (AvgIpc) is 2.90. The fourth-order valence-corrected chi connectivity index (χ4v) is 2.89. The van der Waals surface area contributed by atoms with E-state index in [4.69, 9.17) is 5.73 Å². The van der Waals surface area contributed by atoms with Gasteiger partial charge in [0.1, 0.15) is 5.82 Å². The molecular formula is C15H15FN4S. The van der Waals surface area contributed by atoms with Crippen LogP contribution in [-0.4, -0.2) is 21.3 Å². The summed E-state index contributed by atoms with van der Waals surface area (Å²) in [5.74, 6) is -0.228. The molecular weight excluding hydrogens is 287 g/mol. The molecule has 6 heteroatoms. The lowest BCUT2D eigenvalue weighted by atomic mass is 10.3. The molecule has 0 saturated carbocycles. The van der Waals surface area contributed by atoms with Crippen LogP contribution in [0, 0.1) is 5.82 Å². The van der Waals surface area contributed by atoms with Crippen LogP contribution in [0.4, 0.5) is 4.39 Å². The molecule has 2 aromatic heterocycles. The molecule has 0 saturated heterocycles. The lowest BCUT2D eigenvalue weighted by Crippen LogP contribution is -2.07. The maximum absolute atomic E-state index is 12.9. The summed E-state index contributed by atoms with van der Waals surface area (Å²) in [6.45, 7) is 1.41. The lowest BCUT2D eigenvalue weighted by Gasteiger charge is -2.03. The molecule has 0 fully saturated rings. The van der Waals surface area contributed by atoms with Crippen molar-refractivity contribution in [3.8, 4) is 0 Å². The number of fused-ring (bicyclic) bond motifs is 1. The maximum Gasteiger partial charge on any atom is 0.157 e. The molecule has 108 valence electrons. The molecule has 2 N–H and O–H groups in total. The molecule has 0 aliphatic carbocycles. The van der Waals surface area contributed by atoms with E-state index >= 15 is 0 Å². The molecule has 4 nitrogen and oxygen atoms in total.